The molecule has 1 amide bonds. The molecule has 0 saturated carbocycles. The van der Waals surface area contributed by atoms with Crippen molar-refractivity contribution in [2.24, 2.45) is 0 Å². The Morgan fingerprint density at radius 3 is 2.00 bits per heavy atom. The van der Waals surface area contributed by atoms with E-state index in [9.17, 15) is 14.7 Å². The Balaban J connectivity index is 1.89. The summed E-state index contributed by atoms with van der Waals surface area (Å²) in [6, 6.07) is 20.0. The third-order valence-electron chi connectivity index (χ3n) is 5.74. The van der Waals surface area contributed by atoms with Crippen LogP contribution >= 0.6 is 0 Å². The maximum atomic E-state index is 13.3. The fourth-order valence-electron chi connectivity index (χ4n) is 4.18. The van der Waals surface area contributed by atoms with Gasteiger partial charge in [0.25, 0.3) is 11.7 Å². The Labute approximate surface area is 204 Å². The highest BCUT2D eigenvalue weighted by Crippen LogP contribution is 2.43. The third kappa shape index (κ3) is 4.57. The van der Waals surface area contributed by atoms with Gasteiger partial charge in [-0.3, -0.25) is 14.5 Å². The van der Waals surface area contributed by atoms with Crippen LogP contribution in [0.5, 0.6) is 17.2 Å². The number of ether oxygens (including phenoxy) is 3. The van der Waals surface area contributed by atoms with Gasteiger partial charge in [0.1, 0.15) is 23.0 Å². The van der Waals surface area contributed by atoms with Crippen molar-refractivity contribution in [3.63, 3.8) is 0 Å². The first-order valence-electron chi connectivity index (χ1n) is 11.4. The molecule has 180 valence electrons. The van der Waals surface area contributed by atoms with Crippen LogP contribution in [0, 0.1) is 0 Å². The molecule has 1 atom stereocenters. The van der Waals surface area contributed by atoms with Crippen molar-refractivity contribution in [1.29, 1.82) is 0 Å². The Kier molecular flexibility index (Phi) is 7.06. The summed E-state index contributed by atoms with van der Waals surface area (Å²) in [4.78, 5) is 28.0. The molecule has 0 aliphatic carbocycles. The van der Waals surface area contributed by atoms with Crippen LogP contribution in [-0.2, 0) is 9.59 Å². The third-order valence-corrected chi connectivity index (χ3v) is 5.74. The van der Waals surface area contributed by atoms with Crippen molar-refractivity contribution in [1.82, 2.24) is 0 Å². The Bertz CT molecular complexity index is 1250. The average Bonchev–Trinajstić information content (AvgIpc) is 3.15. The lowest BCUT2D eigenvalue weighted by Crippen LogP contribution is -2.29. The molecule has 1 unspecified atom stereocenters. The standard InChI is InChI=1S/C28H27NO6/c1-4-34-20-14-10-18(11-15-20)25-24(26(30)22-8-6-7-9-23(22)33-3)27(31)28(32)29(25)19-12-16-21(17-13-19)35-5-2/h6-17,25,30H,4-5H2,1-3H3/b26-24-. The smallest absolute Gasteiger partial charge is 0.300 e. The number of carbonyl (C=O) groups excluding carboxylic acids is 2. The number of nitrogens with zero attached hydrogens (tertiary/aromatic N) is 1. The minimum absolute atomic E-state index is 0.0162. The molecular weight excluding hydrogens is 446 g/mol. The van der Waals surface area contributed by atoms with E-state index < -0.39 is 17.7 Å². The summed E-state index contributed by atoms with van der Waals surface area (Å²) in [5, 5.41) is 11.3. The van der Waals surface area contributed by atoms with Gasteiger partial charge in [0, 0.05) is 5.69 Å². The zero-order chi connectivity index (χ0) is 24.9. The van der Waals surface area contributed by atoms with Crippen LogP contribution in [0.2, 0.25) is 0 Å². The van der Waals surface area contributed by atoms with E-state index in [1.165, 1.54) is 12.0 Å². The molecule has 1 saturated heterocycles. The van der Waals surface area contributed by atoms with Gasteiger partial charge in [0.15, 0.2) is 0 Å². The van der Waals surface area contributed by atoms with Gasteiger partial charge in [0.05, 0.1) is 37.5 Å². The number of aliphatic hydroxyl groups excluding tert-OH is 1. The summed E-state index contributed by atoms with van der Waals surface area (Å²) in [7, 11) is 1.48. The molecule has 35 heavy (non-hydrogen) atoms. The minimum Gasteiger partial charge on any atom is -0.507 e. The monoisotopic (exact) mass is 473 g/mol. The topological polar surface area (TPSA) is 85.3 Å². The van der Waals surface area contributed by atoms with Crippen molar-refractivity contribution in [3.8, 4) is 17.2 Å². The van der Waals surface area contributed by atoms with Crippen molar-refractivity contribution in [2.45, 2.75) is 19.9 Å². The first kappa shape index (κ1) is 23.9. The number of rotatable bonds is 8. The number of Topliss-reactive ketones (excluding diaryl/α,β-unsaturated/α-hetero) is 1. The van der Waals surface area contributed by atoms with Gasteiger partial charge in [-0.25, -0.2) is 0 Å². The van der Waals surface area contributed by atoms with Crippen LogP contribution in [0.1, 0.15) is 31.0 Å². The molecule has 1 N–H and O–H groups in total. The number of aliphatic hydroxyl groups is 1. The highest BCUT2D eigenvalue weighted by Gasteiger charge is 2.47. The minimum atomic E-state index is -0.853. The van der Waals surface area contributed by atoms with Crippen LogP contribution < -0.4 is 19.1 Å². The molecular formula is C28H27NO6. The van der Waals surface area contributed by atoms with Crippen LogP contribution in [0.4, 0.5) is 5.69 Å². The van der Waals surface area contributed by atoms with Crippen molar-refractivity contribution < 1.29 is 28.9 Å². The molecule has 0 radical (unpaired) electrons. The van der Waals surface area contributed by atoms with E-state index >= 15 is 0 Å². The van der Waals surface area contributed by atoms with Gasteiger partial charge < -0.3 is 19.3 Å². The van der Waals surface area contributed by atoms with E-state index in [1.807, 2.05) is 13.8 Å². The predicted molar refractivity (Wildman–Crippen MR) is 133 cm³/mol. The van der Waals surface area contributed by atoms with Crippen LogP contribution in [0.25, 0.3) is 5.76 Å². The fraction of sp³-hybridized carbons (Fsp3) is 0.214. The number of benzene rings is 3. The van der Waals surface area contributed by atoms with E-state index in [0.29, 0.717) is 47.3 Å². The molecule has 1 aliphatic heterocycles. The highest BCUT2D eigenvalue weighted by atomic mass is 16.5. The Hall–Kier alpha value is -4.26. The number of anilines is 1. The SMILES string of the molecule is CCOc1ccc(C2/C(=C(/O)c3ccccc3OC)C(=O)C(=O)N2c2ccc(OCC)cc2)cc1. The van der Waals surface area contributed by atoms with Crippen molar-refractivity contribution >= 4 is 23.1 Å². The highest BCUT2D eigenvalue weighted by molar-refractivity contribution is 6.51. The number of carbonyl (C=O) groups is 2. The Morgan fingerprint density at radius 1 is 0.857 bits per heavy atom. The maximum Gasteiger partial charge on any atom is 0.300 e. The van der Waals surface area contributed by atoms with Gasteiger partial charge in [-0.15, -0.1) is 0 Å². The van der Waals surface area contributed by atoms with E-state index in [4.69, 9.17) is 14.2 Å². The van der Waals surface area contributed by atoms with Crippen LogP contribution in [-0.4, -0.2) is 37.1 Å². The van der Waals surface area contributed by atoms with E-state index in [2.05, 4.69) is 0 Å². The molecule has 1 heterocycles. The van der Waals surface area contributed by atoms with Gasteiger partial charge in [-0.05, 0) is 67.9 Å². The molecule has 0 spiro atoms. The molecule has 1 fully saturated rings. The molecule has 0 aromatic heterocycles. The van der Waals surface area contributed by atoms with Gasteiger partial charge in [-0.2, -0.15) is 0 Å². The normalized spacial score (nSPS) is 16.9. The second-order valence-corrected chi connectivity index (χ2v) is 7.80. The lowest BCUT2D eigenvalue weighted by atomic mass is 9.94. The Morgan fingerprint density at radius 2 is 1.43 bits per heavy atom. The lowest BCUT2D eigenvalue weighted by Gasteiger charge is -2.26. The second-order valence-electron chi connectivity index (χ2n) is 7.80. The van der Waals surface area contributed by atoms with Crippen molar-refractivity contribution in [2.75, 3.05) is 25.2 Å². The molecule has 4 rings (SSSR count). The molecule has 3 aromatic carbocycles. The number of methoxy groups -OCH3 is 1. The number of hydrogen-bond donors (Lipinski definition) is 1. The number of hydrogen-bond acceptors (Lipinski definition) is 6. The second kappa shape index (κ2) is 10.3. The fourth-order valence-corrected chi connectivity index (χ4v) is 4.18. The largest absolute Gasteiger partial charge is 0.507 e. The summed E-state index contributed by atoms with van der Waals surface area (Å²) in [5.74, 6) is -0.0972. The molecule has 7 heteroatoms. The molecule has 3 aromatic rings. The molecule has 7 nitrogen and oxygen atoms in total. The van der Waals surface area contributed by atoms with Crippen molar-refractivity contribution in [3.05, 3.63) is 89.5 Å². The van der Waals surface area contributed by atoms with Gasteiger partial charge in [0.2, 0.25) is 0 Å². The van der Waals surface area contributed by atoms with E-state index in [-0.39, 0.29) is 11.3 Å². The summed E-state index contributed by atoms with van der Waals surface area (Å²) in [6.45, 7) is 4.80. The summed E-state index contributed by atoms with van der Waals surface area (Å²) in [6.07, 6.45) is 0. The van der Waals surface area contributed by atoms with Crippen LogP contribution in [0.3, 0.4) is 0 Å². The van der Waals surface area contributed by atoms with E-state index in [1.54, 1.807) is 72.8 Å². The van der Waals surface area contributed by atoms with Gasteiger partial charge >= 0.3 is 0 Å². The summed E-state index contributed by atoms with van der Waals surface area (Å²) >= 11 is 0. The summed E-state index contributed by atoms with van der Waals surface area (Å²) in [5.41, 5.74) is 1.47. The number of ketones is 1. The predicted octanol–water partition coefficient (Wildman–Crippen LogP) is 5.12. The maximum absolute atomic E-state index is 13.3. The lowest BCUT2D eigenvalue weighted by molar-refractivity contribution is -0.132. The molecule has 0 bridgehead atoms. The zero-order valence-electron chi connectivity index (χ0n) is 19.9. The average molecular weight is 474 g/mol. The first-order chi connectivity index (χ1) is 17.0. The van der Waals surface area contributed by atoms with Crippen LogP contribution in [0.15, 0.2) is 78.4 Å². The quantitative estimate of drug-likeness (QED) is 0.278. The van der Waals surface area contributed by atoms with Gasteiger partial charge in [-0.1, -0.05) is 24.3 Å². The number of amides is 1. The zero-order valence-corrected chi connectivity index (χ0v) is 19.9. The van der Waals surface area contributed by atoms with E-state index in [0.717, 1.165) is 0 Å². The molecule has 1 aliphatic rings. The first-order valence-corrected chi connectivity index (χ1v) is 11.4. The number of para-hydroxylation sites is 1. The summed E-state index contributed by atoms with van der Waals surface area (Å²) < 4.78 is 16.4.